The average Bonchev–Trinajstić information content (AvgIpc) is 3.31. The Morgan fingerprint density at radius 1 is 1.26 bits per heavy atom. The van der Waals surface area contributed by atoms with Crippen molar-refractivity contribution in [3.05, 3.63) is 52.3 Å². The minimum absolute atomic E-state index is 0.0312. The first-order chi connectivity index (χ1) is 13.0. The van der Waals surface area contributed by atoms with Gasteiger partial charge in [0.1, 0.15) is 23.2 Å². The summed E-state index contributed by atoms with van der Waals surface area (Å²) in [5, 5.41) is 21.4. The molecule has 0 unspecified atom stereocenters. The molecule has 3 rings (SSSR count). The van der Waals surface area contributed by atoms with E-state index in [2.05, 4.69) is 5.32 Å². The van der Waals surface area contributed by atoms with Crippen LogP contribution in [0.3, 0.4) is 0 Å². The summed E-state index contributed by atoms with van der Waals surface area (Å²) in [6, 6.07) is 9.80. The van der Waals surface area contributed by atoms with Crippen LogP contribution in [0.25, 0.3) is 17.4 Å². The van der Waals surface area contributed by atoms with Crippen molar-refractivity contribution in [2.24, 2.45) is 0 Å². The van der Waals surface area contributed by atoms with Crippen molar-refractivity contribution in [2.75, 3.05) is 0 Å². The van der Waals surface area contributed by atoms with E-state index < -0.39 is 11.9 Å². The molecule has 0 saturated heterocycles. The minimum Gasteiger partial charge on any atom is -0.478 e. The molecule has 1 aromatic carbocycles. The Hall–Kier alpha value is -3.04. The molecular weight excluding hydrogens is 368 g/mol. The number of furan rings is 1. The summed E-state index contributed by atoms with van der Waals surface area (Å²) in [6.07, 6.45) is 5.40. The van der Waals surface area contributed by atoms with Crippen LogP contribution in [0.15, 0.2) is 40.3 Å². The number of hydrogen-bond acceptors (Lipinski definition) is 4. The number of nitriles is 1. The first-order valence-electron chi connectivity index (χ1n) is 8.53. The highest BCUT2D eigenvalue weighted by Crippen LogP contribution is 2.27. The summed E-state index contributed by atoms with van der Waals surface area (Å²) in [5.74, 6) is -0.810. The molecule has 0 bridgehead atoms. The molecule has 1 aliphatic rings. The molecule has 2 N–H and O–H groups in total. The van der Waals surface area contributed by atoms with Crippen LogP contribution < -0.4 is 5.32 Å². The fraction of sp³-hybridized carbons (Fsp3) is 0.250. The Morgan fingerprint density at radius 3 is 2.67 bits per heavy atom. The maximum atomic E-state index is 12.2. The topological polar surface area (TPSA) is 103 Å². The summed E-state index contributed by atoms with van der Waals surface area (Å²) >= 11 is 5.87. The number of carbonyl (C=O) groups excluding carboxylic acids is 1. The normalized spacial score (nSPS) is 14.7. The van der Waals surface area contributed by atoms with Gasteiger partial charge in [-0.1, -0.05) is 24.4 Å². The van der Waals surface area contributed by atoms with Gasteiger partial charge in [0.2, 0.25) is 0 Å². The summed E-state index contributed by atoms with van der Waals surface area (Å²) < 4.78 is 5.65. The molecule has 1 amide bonds. The van der Waals surface area contributed by atoms with E-state index in [9.17, 15) is 14.9 Å². The monoisotopic (exact) mass is 384 g/mol. The van der Waals surface area contributed by atoms with Crippen molar-refractivity contribution in [3.63, 3.8) is 0 Å². The lowest BCUT2D eigenvalue weighted by atomic mass is 10.1. The highest BCUT2D eigenvalue weighted by molar-refractivity contribution is 6.33. The zero-order valence-corrected chi connectivity index (χ0v) is 15.1. The van der Waals surface area contributed by atoms with Crippen molar-refractivity contribution >= 4 is 29.6 Å². The second-order valence-corrected chi connectivity index (χ2v) is 6.73. The summed E-state index contributed by atoms with van der Waals surface area (Å²) in [4.78, 5) is 23.5. The number of carbonyl (C=O) groups is 2. The number of nitrogens with one attached hydrogen (secondary N) is 1. The summed E-state index contributed by atoms with van der Waals surface area (Å²) in [5.41, 5.74) is 0.465. The lowest BCUT2D eigenvalue weighted by Crippen LogP contribution is -2.33. The first kappa shape index (κ1) is 18.7. The molecule has 2 aromatic rings. The van der Waals surface area contributed by atoms with E-state index in [1.54, 1.807) is 18.2 Å². The van der Waals surface area contributed by atoms with Crippen molar-refractivity contribution in [1.82, 2.24) is 5.32 Å². The summed E-state index contributed by atoms with van der Waals surface area (Å²) in [7, 11) is 0. The molecule has 1 aliphatic carbocycles. The van der Waals surface area contributed by atoms with Gasteiger partial charge in [0.25, 0.3) is 5.91 Å². The predicted molar refractivity (Wildman–Crippen MR) is 100 cm³/mol. The highest BCUT2D eigenvalue weighted by Gasteiger charge is 2.19. The second-order valence-electron chi connectivity index (χ2n) is 6.33. The number of rotatable bonds is 5. The van der Waals surface area contributed by atoms with Crippen molar-refractivity contribution in [3.8, 4) is 17.4 Å². The number of amides is 1. The Balaban J connectivity index is 1.81. The Bertz CT molecular complexity index is 949. The molecule has 0 atom stereocenters. The highest BCUT2D eigenvalue weighted by atomic mass is 35.5. The van der Waals surface area contributed by atoms with Crippen LogP contribution in [-0.4, -0.2) is 23.0 Å². The number of halogens is 1. The number of nitrogens with zero attached hydrogens (tertiary/aromatic N) is 1. The maximum Gasteiger partial charge on any atom is 0.337 e. The molecule has 1 aromatic heterocycles. The Morgan fingerprint density at radius 2 is 2.00 bits per heavy atom. The van der Waals surface area contributed by atoms with Crippen LogP contribution in [-0.2, 0) is 4.79 Å². The molecule has 0 spiro atoms. The van der Waals surface area contributed by atoms with Crippen LogP contribution >= 0.6 is 11.6 Å². The molecule has 1 fully saturated rings. The third kappa shape index (κ3) is 4.39. The Labute approximate surface area is 161 Å². The predicted octanol–water partition coefficient (Wildman–Crippen LogP) is 4.26. The van der Waals surface area contributed by atoms with Gasteiger partial charge in [-0.25, -0.2) is 4.79 Å². The van der Waals surface area contributed by atoms with Gasteiger partial charge in [-0.2, -0.15) is 5.26 Å². The van der Waals surface area contributed by atoms with Gasteiger partial charge < -0.3 is 14.8 Å². The molecule has 6 nitrogen and oxygen atoms in total. The van der Waals surface area contributed by atoms with E-state index in [4.69, 9.17) is 21.1 Å². The zero-order valence-electron chi connectivity index (χ0n) is 14.4. The van der Waals surface area contributed by atoms with Crippen LogP contribution in [0.4, 0.5) is 0 Å². The molecule has 7 heteroatoms. The second kappa shape index (κ2) is 8.11. The Kier molecular flexibility index (Phi) is 5.63. The van der Waals surface area contributed by atoms with Crippen LogP contribution in [0, 0.1) is 11.3 Å². The van der Waals surface area contributed by atoms with Crippen molar-refractivity contribution < 1.29 is 19.1 Å². The smallest absolute Gasteiger partial charge is 0.337 e. The molecular formula is C20H17ClN2O4. The zero-order chi connectivity index (χ0) is 19.4. The SMILES string of the molecule is N#CC(=Cc1ccc(-c2ccc(Cl)c(C(=O)O)c2)o1)C(=O)NC1CCCC1. The average molecular weight is 385 g/mol. The van der Waals surface area contributed by atoms with Gasteiger partial charge in [0, 0.05) is 17.7 Å². The lowest BCUT2D eigenvalue weighted by Gasteiger charge is -2.10. The van der Waals surface area contributed by atoms with Crippen molar-refractivity contribution in [2.45, 2.75) is 31.7 Å². The molecule has 138 valence electrons. The molecule has 1 saturated carbocycles. The van der Waals surface area contributed by atoms with Gasteiger partial charge in [-0.15, -0.1) is 0 Å². The maximum absolute atomic E-state index is 12.2. The molecule has 1 heterocycles. The van der Waals surface area contributed by atoms with E-state index in [1.165, 1.54) is 18.2 Å². The minimum atomic E-state index is -1.14. The van der Waals surface area contributed by atoms with Gasteiger partial charge >= 0.3 is 5.97 Å². The fourth-order valence-corrected chi connectivity index (χ4v) is 3.25. The van der Waals surface area contributed by atoms with E-state index in [1.807, 2.05) is 6.07 Å². The van der Waals surface area contributed by atoms with E-state index >= 15 is 0 Å². The van der Waals surface area contributed by atoms with E-state index in [-0.39, 0.29) is 22.2 Å². The summed E-state index contributed by atoms with van der Waals surface area (Å²) in [6.45, 7) is 0. The fourth-order valence-electron chi connectivity index (χ4n) is 3.05. The molecule has 27 heavy (non-hydrogen) atoms. The largest absolute Gasteiger partial charge is 0.478 e. The van der Waals surface area contributed by atoms with Crippen LogP contribution in [0.1, 0.15) is 41.8 Å². The third-order valence-electron chi connectivity index (χ3n) is 4.45. The van der Waals surface area contributed by atoms with Crippen LogP contribution in [0.2, 0.25) is 5.02 Å². The number of carboxylic acid groups (broad SMARTS) is 1. The van der Waals surface area contributed by atoms with Crippen molar-refractivity contribution in [1.29, 1.82) is 5.26 Å². The molecule has 0 aliphatic heterocycles. The quantitative estimate of drug-likeness (QED) is 0.592. The van der Waals surface area contributed by atoms with E-state index in [0.29, 0.717) is 17.1 Å². The van der Waals surface area contributed by atoms with Crippen LogP contribution in [0.5, 0.6) is 0 Å². The number of hydrogen-bond donors (Lipinski definition) is 2. The van der Waals surface area contributed by atoms with E-state index in [0.717, 1.165) is 25.7 Å². The number of carboxylic acids is 1. The third-order valence-corrected chi connectivity index (χ3v) is 4.78. The number of aromatic carboxylic acids is 1. The van der Waals surface area contributed by atoms with Gasteiger partial charge in [0.15, 0.2) is 0 Å². The standard InChI is InChI=1S/C20H17ClN2O4/c21-17-7-5-12(10-16(17)20(25)26)18-8-6-15(27-18)9-13(11-22)19(24)23-14-3-1-2-4-14/h5-10,14H,1-4H2,(H,23,24)(H,25,26). The molecule has 0 radical (unpaired) electrons. The van der Waals surface area contributed by atoms with Gasteiger partial charge in [-0.05, 0) is 43.2 Å². The number of benzene rings is 1. The van der Waals surface area contributed by atoms with Gasteiger partial charge in [-0.3, -0.25) is 4.79 Å². The first-order valence-corrected chi connectivity index (χ1v) is 8.91. The lowest BCUT2D eigenvalue weighted by molar-refractivity contribution is -0.117. The van der Waals surface area contributed by atoms with Gasteiger partial charge in [0.05, 0.1) is 10.6 Å².